The molecule has 1 saturated heterocycles. The topological polar surface area (TPSA) is 54.5 Å². The van der Waals surface area contributed by atoms with Crippen molar-refractivity contribution in [3.05, 3.63) is 59.3 Å². The lowest BCUT2D eigenvalue weighted by Gasteiger charge is -2.32. The first kappa shape index (κ1) is 22.1. The Bertz CT molecular complexity index is 838. The number of alkyl halides is 3. The highest BCUT2D eigenvalue weighted by Crippen LogP contribution is 2.30. The van der Waals surface area contributed by atoms with Crippen LogP contribution in [0.5, 0.6) is 0 Å². The summed E-state index contributed by atoms with van der Waals surface area (Å²) < 4.78 is 43.5. The van der Waals surface area contributed by atoms with Crippen molar-refractivity contribution in [1.29, 1.82) is 0 Å². The largest absolute Gasteiger partial charge is 0.416 e. The van der Waals surface area contributed by atoms with E-state index in [1.165, 1.54) is 12.1 Å². The molecule has 2 unspecified atom stereocenters. The molecule has 2 aromatic rings. The van der Waals surface area contributed by atoms with Crippen molar-refractivity contribution in [1.82, 2.24) is 10.3 Å². The van der Waals surface area contributed by atoms with Crippen LogP contribution in [0.2, 0.25) is 0 Å². The summed E-state index contributed by atoms with van der Waals surface area (Å²) in [6.45, 7) is 6.48. The van der Waals surface area contributed by atoms with Gasteiger partial charge in [0.25, 0.3) is 0 Å². The maximum atomic E-state index is 12.7. The smallest absolute Gasteiger partial charge is 0.375 e. The molecule has 1 aliphatic heterocycles. The number of nitrogens with one attached hydrogen (secondary N) is 1. The van der Waals surface area contributed by atoms with E-state index in [0.717, 1.165) is 36.6 Å². The molecule has 2 heterocycles. The summed E-state index contributed by atoms with van der Waals surface area (Å²) in [6.07, 6.45) is -2.24. The fourth-order valence-electron chi connectivity index (χ4n) is 3.40. The molecule has 1 aliphatic rings. The molecule has 0 aliphatic carbocycles. The van der Waals surface area contributed by atoms with Crippen molar-refractivity contribution < 1.29 is 22.7 Å². The zero-order chi connectivity index (χ0) is 21.7. The number of halogens is 3. The molecule has 162 valence electrons. The minimum Gasteiger partial charge on any atom is -0.375 e. The van der Waals surface area contributed by atoms with Crippen LogP contribution < -0.4 is 10.2 Å². The predicted molar refractivity (Wildman–Crippen MR) is 108 cm³/mol. The van der Waals surface area contributed by atoms with Crippen LogP contribution in [-0.4, -0.2) is 36.7 Å². The van der Waals surface area contributed by atoms with Crippen LogP contribution in [-0.2, 0) is 22.3 Å². The fraction of sp³-hybridized carbons (Fsp3) is 0.455. The third kappa shape index (κ3) is 5.95. The maximum Gasteiger partial charge on any atom is 0.416 e. The van der Waals surface area contributed by atoms with Crippen LogP contribution in [0.4, 0.5) is 19.0 Å². The number of pyridine rings is 1. The Labute approximate surface area is 174 Å². The molecule has 1 amide bonds. The van der Waals surface area contributed by atoms with Gasteiger partial charge in [-0.25, -0.2) is 4.98 Å². The summed E-state index contributed by atoms with van der Waals surface area (Å²) in [5, 5.41) is 2.85. The molecular weight excluding hydrogens is 395 g/mol. The van der Waals surface area contributed by atoms with E-state index in [2.05, 4.69) is 15.2 Å². The van der Waals surface area contributed by atoms with Gasteiger partial charge in [-0.15, -0.1) is 0 Å². The fourth-order valence-corrected chi connectivity index (χ4v) is 3.40. The van der Waals surface area contributed by atoms with Crippen LogP contribution in [0.3, 0.4) is 0 Å². The quantitative estimate of drug-likeness (QED) is 0.762. The second-order valence-electron chi connectivity index (χ2n) is 7.65. The summed E-state index contributed by atoms with van der Waals surface area (Å²) in [5.41, 5.74) is 0.893. The number of anilines is 1. The molecule has 0 saturated carbocycles. The van der Waals surface area contributed by atoms with Gasteiger partial charge in [0.15, 0.2) is 0 Å². The van der Waals surface area contributed by atoms with E-state index in [-0.39, 0.29) is 24.3 Å². The number of carbonyl (C=O) groups is 1. The first-order chi connectivity index (χ1) is 14.2. The third-order valence-electron chi connectivity index (χ3n) is 5.16. The average Bonchev–Trinajstić information content (AvgIpc) is 2.72. The molecule has 1 aromatic heterocycles. The monoisotopic (exact) mass is 421 g/mol. The van der Waals surface area contributed by atoms with Gasteiger partial charge >= 0.3 is 6.18 Å². The van der Waals surface area contributed by atoms with Gasteiger partial charge in [-0.1, -0.05) is 25.1 Å². The van der Waals surface area contributed by atoms with E-state index < -0.39 is 11.7 Å². The van der Waals surface area contributed by atoms with Crippen LogP contribution in [0, 0.1) is 0 Å². The van der Waals surface area contributed by atoms with Crippen molar-refractivity contribution in [3.63, 3.8) is 0 Å². The van der Waals surface area contributed by atoms with Crippen molar-refractivity contribution in [2.75, 3.05) is 24.6 Å². The van der Waals surface area contributed by atoms with Crippen molar-refractivity contribution >= 4 is 11.7 Å². The van der Waals surface area contributed by atoms with E-state index in [9.17, 15) is 18.0 Å². The van der Waals surface area contributed by atoms with Gasteiger partial charge in [0.1, 0.15) is 5.82 Å². The van der Waals surface area contributed by atoms with E-state index in [0.29, 0.717) is 18.7 Å². The zero-order valence-electron chi connectivity index (χ0n) is 17.1. The summed E-state index contributed by atoms with van der Waals surface area (Å²) in [4.78, 5) is 18.9. The second-order valence-corrected chi connectivity index (χ2v) is 7.65. The number of morpholine rings is 1. The molecule has 3 rings (SSSR count). The third-order valence-corrected chi connectivity index (χ3v) is 5.16. The highest BCUT2D eigenvalue weighted by atomic mass is 19.4. The molecule has 30 heavy (non-hydrogen) atoms. The minimum absolute atomic E-state index is 0.159. The molecule has 1 fully saturated rings. The molecule has 1 N–H and O–H groups in total. The van der Waals surface area contributed by atoms with Crippen LogP contribution >= 0.6 is 0 Å². The Morgan fingerprint density at radius 2 is 2.00 bits per heavy atom. The Morgan fingerprint density at radius 3 is 2.60 bits per heavy atom. The standard InChI is InChI=1S/C22H26F3N3O2/c1-15(18-4-6-19(7-5-18)22(23,24)25)11-21(29)27-13-17-3-8-20(26-12-17)28-9-10-30-16(2)14-28/h3-8,12,15-16H,9-11,13-14H2,1-2H3,(H,27,29). The van der Waals surface area contributed by atoms with Crippen LogP contribution in [0.1, 0.15) is 42.9 Å². The van der Waals surface area contributed by atoms with E-state index >= 15 is 0 Å². The Morgan fingerprint density at radius 1 is 1.27 bits per heavy atom. The van der Waals surface area contributed by atoms with Gasteiger partial charge in [-0.2, -0.15) is 13.2 Å². The first-order valence-corrected chi connectivity index (χ1v) is 9.97. The van der Waals surface area contributed by atoms with Gasteiger partial charge in [0, 0.05) is 32.3 Å². The Kier molecular flexibility index (Phi) is 6.97. The summed E-state index contributed by atoms with van der Waals surface area (Å²) >= 11 is 0. The lowest BCUT2D eigenvalue weighted by Crippen LogP contribution is -2.41. The van der Waals surface area contributed by atoms with Crippen molar-refractivity contribution in [2.24, 2.45) is 0 Å². The van der Waals surface area contributed by atoms with Crippen molar-refractivity contribution in [3.8, 4) is 0 Å². The van der Waals surface area contributed by atoms with Gasteiger partial charge < -0.3 is 15.0 Å². The van der Waals surface area contributed by atoms with Crippen LogP contribution in [0.15, 0.2) is 42.6 Å². The summed E-state index contributed by atoms with van der Waals surface area (Å²) in [7, 11) is 0. The highest BCUT2D eigenvalue weighted by Gasteiger charge is 2.30. The lowest BCUT2D eigenvalue weighted by atomic mass is 9.96. The molecule has 0 spiro atoms. The van der Waals surface area contributed by atoms with Gasteiger partial charge in [-0.3, -0.25) is 4.79 Å². The number of amides is 1. The number of hydrogen-bond donors (Lipinski definition) is 1. The average molecular weight is 421 g/mol. The normalized spacial score (nSPS) is 18.2. The Balaban J connectivity index is 1.48. The van der Waals surface area contributed by atoms with Gasteiger partial charge in [0.05, 0.1) is 18.3 Å². The van der Waals surface area contributed by atoms with E-state index in [4.69, 9.17) is 4.74 Å². The molecule has 5 nitrogen and oxygen atoms in total. The number of hydrogen-bond acceptors (Lipinski definition) is 4. The summed E-state index contributed by atoms with van der Waals surface area (Å²) in [6, 6.07) is 8.82. The first-order valence-electron chi connectivity index (χ1n) is 9.97. The highest BCUT2D eigenvalue weighted by molar-refractivity contribution is 5.76. The summed E-state index contributed by atoms with van der Waals surface area (Å²) in [5.74, 6) is 0.542. The molecule has 8 heteroatoms. The molecular formula is C22H26F3N3O2. The number of aromatic nitrogens is 1. The number of ether oxygens (including phenoxy) is 1. The molecule has 1 aromatic carbocycles. The second kappa shape index (κ2) is 9.47. The van der Waals surface area contributed by atoms with E-state index in [1.807, 2.05) is 26.0 Å². The number of benzene rings is 1. The zero-order valence-corrected chi connectivity index (χ0v) is 17.1. The predicted octanol–water partition coefficient (Wildman–Crippen LogP) is 4.14. The molecule has 2 atom stereocenters. The van der Waals surface area contributed by atoms with Crippen molar-refractivity contribution in [2.45, 2.75) is 45.0 Å². The maximum absolute atomic E-state index is 12.7. The Hall–Kier alpha value is -2.61. The van der Waals surface area contributed by atoms with Crippen LogP contribution in [0.25, 0.3) is 0 Å². The number of rotatable bonds is 6. The van der Waals surface area contributed by atoms with Gasteiger partial charge in [0.2, 0.25) is 5.91 Å². The molecule has 0 bridgehead atoms. The number of carbonyl (C=O) groups excluding carboxylic acids is 1. The lowest BCUT2D eigenvalue weighted by molar-refractivity contribution is -0.137. The minimum atomic E-state index is -4.36. The SMILES string of the molecule is CC1CN(c2ccc(CNC(=O)CC(C)c3ccc(C(F)(F)F)cc3)cn2)CCO1. The van der Waals surface area contributed by atoms with E-state index in [1.54, 1.807) is 6.20 Å². The molecule has 0 radical (unpaired) electrons. The van der Waals surface area contributed by atoms with Gasteiger partial charge in [-0.05, 0) is 42.2 Å². The number of nitrogens with zero attached hydrogens (tertiary/aromatic N) is 2.